The van der Waals surface area contributed by atoms with Crippen LogP contribution >= 0.6 is 0 Å². The summed E-state index contributed by atoms with van der Waals surface area (Å²) in [5, 5.41) is 3.41. The molecule has 4 nitrogen and oxygen atoms in total. The standard InChI is InChI=1S/C19H31NO3/c1-5-7-8-9-10-15-20-16-11-13-17(14-12-16)23-19(3,4)18(21)22-6-2/h11-14,20H,5-10,15H2,1-4H3. The van der Waals surface area contributed by atoms with Gasteiger partial charge < -0.3 is 14.8 Å². The Balaban J connectivity index is 2.39. The maximum absolute atomic E-state index is 11.8. The molecule has 0 aromatic heterocycles. The Morgan fingerprint density at radius 2 is 1.70 bits per heavy atom. The predicted octanol–water partition coefficient (Wildman–Crippen LogP) is 4.79. The number of hydrogen-bond acceptors (Lipinski definition) is 4. The highest BCUT2D eigenvalue weighted by molar-refractivity contribution is 5.79. The van der Waals surface area contributed by atoms with Crippen LogP contribution in [-0.4, -0.2) is 24.7 Å². The number of unbranched alkanes of at least 4 members (excludes halogenated alkanes) is 4. The van der Waals surface area contributed by atoms with Gasteiger partial charge in [0.15, 0.2) is 5.60 Å². The number of carbonyl (C=O) groups excluding carboxylic acids is 1. The molecule has 0 saturated heterocycles. The van der Waals surface area contributed by atoms with Crippen molar-refractivity contribution in [2.24, 2.45) is 0 Å². The van der Waals surface area contributed by atoms with Crippen LogP contribution in [0.15, 0.2) is 24.3 Å². The summed E-state index contributed by atoms with van der Waals surface area (Å²) in [6.07, 6.45) is 6.37. The van der Waals surface area contributed by atoms with Gasteiger partial charge in [-0.1, -0.05) is 32.6 Å². The van der Waals surface area contributed by atoms with Gasteiger partial charge in [0, 0.05) is 12.2 Å². The number of nitrogens with one attached hydrogen (secondary N) is 1. The third-order valence-electron chi connectivity index (χ3n) is 3.60. The Bertz CT molecular complexity index is 454. The summed E-state index contributed by atoms with van der Waals surface area (Å²) in [5.41, 5.74) is 0.0892. The molecule has 1 N–H and O–H groups in total. The van der Waals surface area contributed by atoms with Crippen molar-refractivity contribution >= 4 is 11.7 Å². The second-order valence-electron chi connectivity index (χ2n) is 6.20. The summed E-state index contributed by atoms with van der Waals surface area (Å²) in [6.45, 7) is 8.79. The van der Waals surface area contributed by atoms with Crippen molar-refractivity contribution in [3.8, 4) is 5.75 Å². The highest BCUT2D eigenvalue weighted by Gasteiger charge is 2.31. The van der Waals surface area contributed by atoms with Crippen molar-refractivity contribution in [1.82, 2.24) is 0 Å². The Morgan fingerprint density at radius 1 is 1.04 bits per heavy atom. The molecule has 130 valence electrons. The van der Waals surface area contributed by atoms with Gasteiger partial charge in [0.2, 0.25) is 0 Å². The summed E-state index contributed by atoms with van der Waals surface area (Å²) in [7, 11) is 0. The molecule has 0 saturated carbocycles. The van der Waals surface area contributed by atoms with Crippen molar-refractivity contribution in [2.75, 3.05) is 18.5 Å². The molecular formula is C19H31NO3. The van der Waals surface area contributed by atoms with Gasteiger partial charge >= 0.3 is 5.97 Å². The van der Waals surface area contributed by atoms with Gasteiger partial charge in [-0.3, -0.25) is 0 Å². The van der Waals surface area contributed by atoms with E-state index in [4.69, 9.17) is 9.47 Å². The van der Waals surface area contributed by atoms with E-state index in [-0.39, 0.29) is 5.97 Å². The summed E-state index contributed by atoms with van der Waals surface area (Å²) >= 11 is 0. The van der Waals surface area contributed by atoms with Crippen LogP contribution in [0.1, 0.15) is 59.8 Å². The highest BCUT2D eigenvalue weighted by atomic mass is 16.6. The molecule has 0 atom stereocenters. The Hall–Kier alpha value is -1.71. The van der Waals surface area contributed by atoms with Gasteiger partial charge in [0.25, 0.3) is 0 Å². The third kappa shape index (κ3) is 7.40. The molecule has 0 amide bonds. The Morgan fingerprint density at radius 3 is 2.30 bits per heavy atom. The minimum Gasteiger partial charge on any atom is -0.476 e. The Labute approximate surface area is 140 Å². The number of rotatable bonds is 11. The molecule has 0 aliphatic carbocycles. The van der Waals surface area contributed by atoms with E-state index in [2.05, 4.69) is 12.2 Å². The van der Waals surface area contributed by atoms with Crippen molar-refractivity contribution in [3.63, 3.8) is 0 Å². The highest BCUT2D eigenvalue weighted by Crippen LogP contribution is 2.22. The maximum Gasteiger partial charge on any atom is 0.349 e. The van der Waals surface area contributed by atoms with E-state index in [1.807, 2.05) is 24.3 Å². The van der Waals surface area contributed by atoms with E-state index < -0.39 is 5.60 Å². The van der Waals surface area contributed by atoms with Crippen molar-refractivity contribution in [1.29, 1.82) is 0 Å². The zero-order chi connectivity index (χ0) is 17.1. The topological polar surface area (TPSA) is 47.6 Å². The fourth-order valence-corrected chi connectivity index (χ4v) is 2.24. The molecule has 0 unspecified atom stereocenters. The molecule has 4 heteroatoms. The SMILES string of the molecule is CCCCCCCNc1ccc(OC(C)(C)C(=O)OCC)cc1. The van der Waals surface area contributed by atoms with Gasteiger partial charge in [-0.15, -0.1) is 0 Å². The lowest BCUT2D eigenvalue weighted by Gasteiger charge is -2.24. The van der Waals surface area contributed by atoms with Crippen LogP contribution in [-0.2, 0) is 9.53 Å². The molecule has 0 aliphatic rings. The molecule has 0 heterocycles. The summed E-state index contributed by atoms with van der Waals surface area (Å²) in [6, 6.07) is 7.70. The van der Waals surface area contributed by atoms with Crippen molar-refractivity contribution in [2.45, 2.75) is 65.4 Å². The number of hydrogen-bond donors (Lipinski definition) is 1. The monoisotopic (exact) mass is 321 g/mol. The van der Waals surface area contributed by atoms with Gasteiger partial charge in [-0.05, 0) is 51.5 Å². The molecule has 1 aromatic carbocycles. The Kier molecular flexibility index (Phi) is 8.52. The lowest BCUT2D eigenvalue weighted by Crippen LogP contribution is -2.39. The largest absolute Gasteiger partial charge is 0.476 e. The van der Waals surface area contributed by atoms with Crippen LogP contribution in [0.2, 0.25) is 0 Å². The van der Waals surface area contributed by atoms with Gasteiger partial charge in [-0.2, -0.15) is 0 Å². The molecule has 0 bridgehead atoms. The second kappa shape index (κ2) is 10.1. The van der Waals surface area contributed by atoms with Crippen molar-refractivity contribution < 1.29 is 14.3 Å². The van der Waals surface area contributed by atoms with Gasteiger partial charge in [0.05, 0.1) is 6.61 Å². The van der Waals surface area contributed by atoms with E-state index in [1.54, 1.807) is 20.8 Å². The molecule has 0 fully saturated rings. The lowest BCUT2D eigenvalue weighted by atomic mass is 10.1. The van der Waals surface area contributed by atoms with Crippen LogP contribution in [0.5, 0.6) is 5.75 Å². The molecule has 1 aromatic rings. The first kappa shape index (κ1) is 19.3. The molecular weight excluding hydrogens is 290 g/mol. The molecule has 23 heavy (non-hydrogen) atoms. The maximum atomic E-state index is 11.8. The molecule has 0 spiro atoms. The van der Waals surface area contributed by atoms with Crippen LogP contribution in [0.3, 0.4) is 0 Å². The van der Waals surface area contributed by atoms with Crippen LogP contribution in [0.25, 0.3) is 0 Å². The number of esters is 1. The number of ether oxygens (including phenoxy) is 2. The van der Waals surface area contributed by atoms with E-state index in [9.17, 15) is 4.79 Å². The zero-order valence-electron chi connectivity index (χ0n) is 15.0. The van der Waals surface area contributed by atoms with E-state index in [0.29, 0.717) is 12.4 Å². The van der Waals surface area contributed by atoms with Crippen LogP contribution in [0.4, 0.5) is 5.69 Å². The lowest BCUT2D eigenvalue weighted by molar-refractivity contribution is -0.158. The fourth-order valence-electron chi connectivity index (χ4n) is 2.24. The quantitative estimate of drug-likeness (QED) is 0.470. The van der Waals surface area contributed by atoms with Gasteiger partial charge in [-0.25, -0.2) is 4.79 Å². The minimum atomic E-state index is -0.982. The number of carbonyl (C=O) groups is 1. The average Bonchev–Trinajstić information content (AvgIpc) is 2.52. The van der Waals surface area contributed by atoms with Crippen LogP contribution in [0, 0.1) is 0 Å². The van der Waals surface area contributed by atoms with Crippen LogP contribution < -0.4 is 10.1 Å². The summed E-state index contributed by atoms with van der Waals surface area (Å²) < 4.78 is 10.8. The first-order valence-corrected chi connectivity index (χ1v) is 8.69. The van der Waals surface area contributed by atoms with E-state index in [1.165, 1.54) is 32.1 Å². The second-order valence-corrected chi connectivity index (χ2v) is 6.20. The molecule has 1 rings (SSSR count). The first-order valence-electron chi connectivity index (χ1n) is 8.69. The van der Waals surface area contributed by atoms with E-state index >= 15 is 0 Å². The molecule has 0 radical (unpaired) electrons. The minimum absolute atomic E-state index is 0.353. The average molecular weight is 321 g/mol. The number of anilines is 1. The summed E-state index contributed by atoms with van der Waals surface area (Å²) in [5.74, 6) is 0.311. The third-order valence-corrected chi connectivity index (χ3v) is 3.60. The summed E-state index contributed by atoms with van der Waals surface area (Å²) in [4.78, 5) is 11.8. The van der Waals surface area contributed by atoms with E-state index in [0.717, 1.165) is 12.2 Å². The smallest absolute Gasteiger partial charge is 0.349 e. The predicted molar refractivity (Wildman–Crippen MR) is 95.0 cm³/mol. The first-order chi connectivity index (χ1) is 11.0. The number of benzene rings is 1. The molecule has 0 aliphatic heterocycles. The fraction of sp³-hybridized carbons (Fsp3) is 0.632. The normalized spacial score (nSPS) is 11.1. The zero-order valence-corrected chi connectivity index (χ0v) is 15.0. The van der Waals surface area contributed by atoms with Crippen molar-refractivity contribution in [3.05, 3.63) is 24.3 Å². The van der Waals surface area contributed by atoms with Gasteiger partial charge in [0.1, 0.15) is 5.75 Å².